The lowest BCUT2D eigenvalue weighted by Gasteiger charge is -2.45. The Balaban J connectivity index is 1.28. The van der Waals surface area contributed by atoms with Crippen molar-refractivity contribution in [2.75, 3.05) is 38.6 Å². The summed E-state index contributed by atoms with van der Waals surface area (Å²) in [6, 6.07) is 15.8. The fourth-order valence-electron chi connectivity index (χ4n) is 6.44. The first-order valence-electron chi connectivity index (χ1n) is 15.5. The molecule has 238 valence electrons. The minimum Gasteiger partial charge on any atom is -0.457 e. The minimum absolute atomic E-state index is 0.0989. The number of fused-ring (bicyclic) bond motifs is 1. The summed E-state index contributed by atoms with van der Waals surface area (Å²) < 4.78 is 28.5. The molecule has 2 N–H and O–H groups in total. The Labute approximate surface area is 267 Å². The number of nitrogens with zero attached hydrogens (tertiary/aromatic N) is 7. The van der Waals surface area contributed by atoms with E-state index < -0.39 is 11.4 Å². The molecule has 2 aliphatic heterocycles. The molecule has 0 radical (unpaired) electrons. The number of rotatable bonds is 9. The van der Waals surface area contributed by atoms with Crippen molar-refractivity contribution in [1.29, 1.82) is 5.26 Å². The first kappa shape index (κ1) is 31.1. The third-order valence-corrected chi connectivity index (χ3v) is 8.71. The Bertz CT molecular complexity index is 1810. The number of likely N-dealkylation sites (N-methyl/N-ethyl adjacent to an activating group) is 1. The van der Waals surface area contributed by atoms with E-state index in [1.807, 2.05) is 32.0 Å². The average Bonchev–Trinajstić information content (AvgIpc) is 3.42. The van der Waals surface area contributed by atoms with Crippen LogP contribution in [0.15, 0.2) is 66.5 Å². The van der Waals surface area contributed by atoms with Crippen LogP contribution in [0.1, 0.15) is 39.7 Å². The number of likely N-dealkylation sites (tertiary alicyclic amines) is 1. The van der Waals surface area contributed by atoms with E-state index in [0.717, 1.165) is 6.54 Å². The fraction of sp³-hybridized carbons (Fsp3) is 0.382. The molecular weight excluding hydrogens is 587 g/mol. The van der Waals surface area contributed by atoms with Gasteiger partial charge in [-0.1, -0.05) is 25.1 Å². The molecule has 1 atom stereocenters. The third-order valence-electron chi connectivity index (χ3n) is 8.71. The fourth-order valence-corrected chi connectivity index (χ4v) is 6.44. The molecule has 0 unspecified atom stereocenters. The molecule has 0 bridgehead atoms. The van der Waals surface area contributed by atoms with Crippen molar-refractivity contribution in [2.45, 2.75) is 51.2 Å². The summed E-state index contributed by atoms with van der Waals surface area (Å²) in [7, 11) is 0. The molecule has 1 amide bonds. The van der Waals surface area contributed by atoms with E-state index in [4.69, 9.17) is 20.3 Å². The van der Waals surface area contributed by atoms with Gasteiger partial charge in [0.2, 0.25) is 0 Å². The number of hydrogen-bond donors (Lipinski definition) is 1. The Morgan fingerprint density at radius 3 is 2.67 bits per heavy atom. The molecule has 6 rings (SSSR count). The second kappa shape index (κ2) is 12.9. The van der Waals surface area contributed by atoms with Crippen molar-refractivity contribution >= 4 is 22.8 Å². The van der Waals surface area contributed by atoms with Crippen LogP contribution in [0.3, 0.4) is 0 Å². The van der Waals surface area contributed by atoms with Gasteiger partial charge in [-0.05, 0) is 63.6 Å². The maximum Gasteiger partial charge on any atom is 0.264 e. The maximum atomic E-state index is 15.6. The summed E-state index contributed by atoms with van der Waals surface area (Å²) in [5.74, 6) is 0.242. The number of ether oxygens (including phenoxy) is 2. The summed E-state index contributed by atoms with van der Waals surface area (Å²) in [5, 5.41) is 15.3. The lowest BCUT2D eigenvalue weighted by molar-refractivity contribution is -0.128. The SMILES string of the molecule is CCN(C1COC1)C(C)(C)/C=C(/C#N)C(=O)N1CCC[C@@H](n2nc(-c3ccc(Oc4ccccc4)cc3F)c3c(N)ncnc32)C1. The van der Waals surface area contributed by atoms with Crippen LogP contribution in [0, 0.1) is 17.1 Å². The quantitative estimate of drug-likeness (QED) is 0.199. The van der Waals surface area contributed by atoms with Gasteiger partial charge in [-0.15, -0.1) is 0 Å². The Kier molecular flexibility index (Phi) is 8.71. The van der Waals surface area contributed by atoms with Crippen LogP contribution in [0.4, 0.5) is 10.2 Å². The molecule has 2 fully saturated rings. The predicted octanol–water partition coefficient (Wildman–Crippen LogP) is 5.12. The van der Waals surface area contributed by atoms with Gasteiger partial charge in [-0.3, -0.25) is 9.69 Å². The second-order valence-electron chi connectivity index (χ2n) is 12.2. The van der Waals surface area contributed by atoms with Crippen LogP contribution in [0.25, 0.3) is 22.3 Å². The molecule has 12 heteroatoms. The number of nitrogens with two attached hydrogens (primary N) is 1. The van der Waals surface area contributed by atoms with Crippen LogP contribution in [0.2, 0.25) is 0 Å². The highest BCUT2D eigenvalue weighted by molar-refractivity contribution is 5.99. The molecule has 11 nitrogen and oxygen atoms in total. The number of amides is 1. The average molecular weight is 625 g/mol. The Morgan fingerprint density at radius 1 is 1.22 bits per heavy atom. The highest BCUT2D eigenvalue weighted by atomic mass is 19.1. The van der Waals surface area contributed by atoms with E-state index in [1.165, 1.54) is 12.4 Å². The molecule has 4 aromatic rings. The van der Waals surface area contributed by atoms with Gasteiger partial charge in [0.05, 0.1) is 30.7 Å². The summed E-state index contributed by atoms with van der Waals surface area (Å²) in [6.45, 7) is 8.94. The number of nitrogen functional groups attached to an aromatic ring is 1. The zero-order chi connectivity index (χ0) is 32.4. The Morgan fingerprint density at radius 2 is 2.00 bits per heavy atom. The maximum absolute atomic E-state index is 15.6. The molecule has 0 saturated carbocycles. The van der Waals surface area contributed by atoms with E-state index in [0.29, 0.717) is 67.4 Å². The second-order valence-corrected chi connectivity index (χ2v) is 12.2. The zero-order valence-electron chi connectivity index (χ0n) is 26.2. The number of nitriles is 1. The summed E-state index contributed by atoms with van der Waals surface area (Å²) in [4.78, 5) is 26.3. The van der Waals surface area contributed by atoms with Crippen molar-refractivity contribution in [3.05, 3.63) is 72.3 Å². The van der Waals surface area contributed by atoms with Gasteiger partial charge in [0, 0.05) is 30.3 Å². The molecule has 0 spiro atoms. The monoisotopic (exact) mass is 624 g/mol. The topological polar surface area (TPSA) is 135 Å². The van der Waals surface area contributed by atoms with Crippen LogP contribution in [-0.2, 0) is 9.53 Å². The molecular formula is C34H37FN8O3. The molecule has 2 aliphatic rings. The number of aromatic nitrogens is 4. The highest BCUT2D eigenvalue weighted by Gasteiger charge is 2.36. The molecule has 46 heavy (non-hydrogen) atoms. The van der Waals surface area contributed by atoms with Gasteiger partial charge in [0.25, 0.3) is 5.91 Å². The number of para-hydroxylation sites is 1. The molecule has 2 saturated heterocycles. The van der Waals surface area contributed by atoms with Crippen molar-refractivity contribution in [3.8, 4) is 28.8 Å². The van der Waals surface area contributed by atoms with E-state index in [1.54, 1.807) is 39.9 Å². The largest absolute Gasteiger partial charge is 0.457 e. The third kappa shape index (κ3) is 6.03. The van der Waals surface area contributed by atoms with Crippen LogP contribution in [-0.4, -0.2) is 79.9 Å². The smallest absolute Gasteiger partial charge is 0.264 e. The number of halogens is 1. The number of hydrogen-bond acceptors (Lipinski definition) is 9. The van der Waals surface area contributed by atoms with Crippen molar-refractivity contribution in [1.82, 2.24) is 29.5 Å². The first-order chi connectivity index (χ1) is 22.2. The number of carbonyl (C=O) groups is 1. The van der Waals surface area contributed by atoms with Crippen molar-refractivity contribution in [3.63, 3.8) is 0 Å². The minimum atomic E-state index is -0.537. The number of anilines is 1. The number of carbonyl (C=O) groups excluding carboxylic acids is 1. The Hall–Kier alpha value is -4.86. The predicted molar refractivity (Wildman–Crippen MR) is 171 cm³/mol. The molecule has 4 heterocycles. The standard InChI is InChI=1S/C34H37FN8O3/c1-4-42(24-19-45-20-24)34(2,3)16-22(17-36)33(44)41-14-8-9-23(18-41)43-32-29(31(37)38-21-39-32)30(40-43)27-13-12-26(15-28(27)35)46-25-10-6-5-7-11-25/h5-7,10-13,15-16,21,23-24H,4,8-9,14,18-20H2,1-3H3,(H2,37,38,39)/b22-16-/t23-/m1/s1. The van der Waals surface area contributed by atoms with Crippen LogP contribution >= 0.6 is 0 Å². The van der Waals surface area contributed by atoms with Crippen molar-refractivity contribution in [2.24, 2.45) is 0 Å². The summed E-state index contributed by atoms with van der Waals surface area (Å²) >= 11 is 0. The van der Waals surface area contributed by atoms with E-state index >= 15 is 4.39 Å². The van der Waals surface area contributed by atoms with Crippen molar-refractivity contribution < 1.29 is 18.7 Å². The molecule has 0 aliphatic carbocycles. The highest BCUT2D eigenvalue weighted by Crippen LogP contribution is 2.36. The van der Waals surface area contributed by atoms with Gasteiger partial charge >= 0.3 is 0 Å². The molecule has 2 aromatic carbocycles. The van der Waals surface area contributed by atoms with Crippen LogP contribution < -0.4 is 10.5 Å². The van der Waals surface area contributed by atoms with Gasteiger partial charge in [0.15, 0.2) is 5.65 Å². The number of piperidine rings is 1. The van der Waals surface area contributed by atoms with E-state index in [2.05, 4.69) is 27.9 Å². The van der Waals surface area contributed by atoms with Gasteiger partial charge < -0.3 is 20.1 Å². The summed E-state index contributed by atoms with van der Waals surface area (Å²) in [5.41, 5.74) is 6.87. The lowest BCUT2D eigenvalue weighted by Crippen LogP contribution is -2.57. The normalized spacial score (nSPS) is 17.6. The van der Waals surface area contributed by atoms with Gasteiger partial charge in [-0.2, -0.15) is 10.4 Å². The summed E-state index contributed by atoms with van der Waals surface area (Å²) in [6.07, 6.45) is 4.52. The van der Waals surface area contributed by atoms with Gasteiger partial charge in [0.1, 0.15) is 46.8 Å². The van der Waals surface area contributed by atoms with Crippen LogP contribution in [0.5, 0.6) is 11.5 Å². The molecule has 2 aromatic heterocycles. The van der Waals surface area contributed by atoms with E-state index in [9.17, 15) is 10.1 Å². The zero-order valence-corrected chi connectivity index (χ0v) is 26.2. The first-order valence-corrected chi connectivity index (χ1v) is 15.5. The van der Waals surface area contributed by atoms with E-state index in [-0.39, 0.29) is 34.9 Å². The van der Waals surface area contributed by atoms with Gasteiger partial charge in [-0.25, -0.2) is 19.0 Å². The number of benzene rings is 2. The lowest BCUT2D eigenvalue weighted by atomic mass is 9.95.